The maximum Gasteiger partial charge on any atom is 0.319 e. The lowest BCUT2D eigenvalue weighted by Crippen LogP contribution is -2.42. The molecule has 0 bridgehead atoms. The Labute approximate surface area is 193 Å². The first-order chi connectivity index (χ1) is 16.0. The van der Waals surface area contributed by atoms with Crippen LogP contribution in [-0.2, 0) is 6.42 Å². The molecule has 33 heavy (non-hydrogen) atoms. The minimum Gasteiger partial charge on any atom is -0.391 e. The molecule has 2 saturated carbocycles. The van der Waals surface area contributed by atoms with Gasteiger partial charge in [-0.2, -0.15) is 0 Å². The molecule has 8 heteroatoms. The van der Waals surface area contributed by atoms with E-state index in [4.69, 9.17) is 0 Å². The summed E-state index contributed by atoms with van der Waals surface area (Å²) < 4.78 is 0. The van der Waals surface area contributed by atoms with E-state index in [2.05, 4.69) is 21.3 Å². The lowest BCUT2D eigenvalue weighted by atomic mass is 10.0. The fourth-order valence-electron chi connectivity index (χ4n) is 4.54. The molecule has 8 nitrogen and oxygen atoms in total. The van der Waals surface area contributed by atoms with Crippen LogP contribution in [-0.4, -0.2) is 46.6 Å². The van der Waals surface area contributed by atoms with E-state index in [9.17, 15) is 19.8 Å². The molecule has 0 radical (unpaired) electrons. The predicted octanol–water partition coefficient (Wildman–Crippen LogP) is 3.35. The molecule has 2 fully saturated rings. The first-order valence-corrected chi connectivity index (χ1v) is 11.7. The van der Waals surface area contributed by atoms with Gasteiger partial charge in [0, 0.05) is 11.4 Å². The predicted molar refractivity (Wildman–Crippen MR) is 127 cm³/mol. The number of amides is 4. The summed E-state index contributed by atoms with van der Waals surface area (Å²) in [7, 11) is 0. The van der Waals surface area contributed by atoms with E-state index in [1.165, 1.54) is 0 Å². The summed E-state index contributed by atoms with van der Waals surface area (Å²) in [5, 5.41) is 30.9. The normalized spacial score (nSPS) is 24.3. The van der Waals surface area contributed by atoms with Crippen LogP contribution < -0.4 is 21.3 Å². The van der Waals surface area contributed by atoms with Crippen LogP contribution in [0.1, 0.15) is 49.7 Å². The third-order valence-electron chi connectivity index (χ3n) is 6.42. The molecule has 2 aromatic carbocycles. The first-order valence-electron chi connectivity index (χ1n) is 11.7. The number of benzene rings is 2. The van der Waals surface area contributed by atoms with Gasteiger partial charge in [-0.15, -0.1) is 0 Å². The minimum atomic E-state index is -0.464. The lowest BCUT2D eigenvalue weighted by Gasteiger charge is -2.17. The zero-order valence-corrected chi connectivity index (χ0v) is 18.6. The fourth-order valence-corrected chi connectivity index (χ4v) is 4.54. The smallest absolute Gasteiger partial charge is 0.319 e. The van der Waals surface area contributed by atoms with Crippen molar-refractivity contribution in [2.24, 2.45) is 0 Å². The average Bonchev–Trinajstić information content (AvgIpc) is 3.38. The lowest BCUT2D eigenvalue weighted by molar-refractivity contribution is 0.151. The van der Waals surface area contributed by atoms with E-state index < -0.39 is 12.2 Å². The molecule has 2 aliphatic rings. The average molecular weight is 453 g/mol. The molecule has 4 rings (SSSR count). The Hall–Kier alpha value is -3.10. The minimum absolute atomic E-state index is 0.179. The van der Waals surface area contributed by atoms with Gasteiger partial charge in [-0.3, -0.25) is 0 Å². The second kappa shape index (κ2) is 10.7. The second-order valence-corrected chi connectivity index (χ2v) is 8.98. The fraction of sp³-hybridized carbons (Fsp3) is 0.440. The van der Waals surface area contributed by atoms with E-state index in [-0.39, 0.29) is 24.1 Å². The first kappa shape index (κ1) is 23.1. The molecule has 0 spiro atoms. The van der Waals surface area contributed by atoms with Crippen LogP contribution in [0.15, 0.2) is 48.5 Å². The summed E-state index contributed by atoms with van der Waals surface area (Å²) in [4.78, 5) is 24.3. The summed E-state index contributed by atoms with van der Waals surface area (Å²) in [5.74, 6) is 0. The van der Waals surface area contributed by atoms with Crippen molar-refractivity contribution in [3.63, 3.8) is 0 Å². The number of hydrogen-bond acceptors (Lipinski definition) is 4. The molecule has 0 unspecified atom stereocenters. The van der Waals surface area contributed by atoms with Crippen molar-refractivity contribution in [3.05, 3.63) is 59.7 Å². The van der Waals surface area contributed by atoms with Crippen molar-refractivity contribution in [1.82, 2.24) is 10.6 Å². The zero-order valence-electron chi connectivity index (χ0n) is 18.6. The Morgan fingerprint density at radius 1 is 0.667 bits per heavy atom. The standard InChI is InChI=1S/C25H32N4O4/c30-22-5-1-3-20(22)28-24(32)26-18-11-7-16(8-12-18)15-17-9-13-19(14-10-17)27-25(33)29-21-4-2-6-23(21)31/h7-14,20-23,30-31H,1-6,15H2,(H2,26,28,32)(H2,27,29,33)/t20-,21+,22+,23-. The highest BCUT2D eigenvalue weighted by atomic mass is 16.3. The number of hydrogen-bond donors (Lipinski definition) is 6. The number of carbonyl (C=O) groups excluding carboxylic acids is 2. The topological polar surface area (TPSA) is 123 Å². The second-order valence-electron chi connectivity index (χ2n) is 8.98. The van der Waals surface area contributed by atoms with Crippen molar-refractivity contribution in [2.45, 2.75) is 69.2 Å². The van der Waals surface area contributed by atoms with Crippen molar-refractivity contribution in [1.29, 1.82) is 0 Å². The Balaban J connectivity index is 1.24. The van der Waals surface area contributed by atoms with Gasteiger partial charge in [-0.25, -0.2) is 9.59 Å². The van der Waals surface area contributed by atoms with Gasteiger partial charge in [0.25, 0.3) is 0 Å². The zero-order chi connectivity index (χ0) is 23.2. The molecule has 0 aromatic heterocycles. The Bertz CT molecular complexity index is 870. The van der Waals surface area contributed by atoms with Gasteiger partial charge in [0.1, 0.15) is 0 Å². The van der Waals surface area contributed by atoms with Crippen LogP contribution in [0, 0.1) is 0 Å². The van der Waals surface area contributed by atoms with Gasteiger partial charge in [-0.05, 0) is 80.3 Å². The van der Waals surface area contributed by atoms with Crippen LogP contribution in [0.25, 0.3) is 0 Å². The van der Waals surface area contributed by atoms with E-state index in [1.54, 1.807) is 0 Å². The van der Waals surface area contributed by atoms with Gasteiger partial charge in [0.15, 0.2) is 0 Å². The summed E-state index contributed by atoms with van der Waals surface area (Å²) in [6.45, 7) is 0. The number of anilines is 2. The van der Waals surface area contributed by atoms with Crippen LogP contribution in [0.5, 0.6) is 0 Å². The number of urea groups is 2. The maximum absolute atomic E-state index is 12.1. The van der Waals surface area contributed by atoms with Crippen LogP contribution in [0.2, 0.25) is 0 Å². The van der Waals surface area contributed by atoms with E-state index >= 15 is 0 Å². The molecule has 4 atom stereocenters. The van der Waals surface area contributed by atoms with Gasteiger partial charge in [0.05, 0.1) is 24.3 Å². The molecule has 4 amide bonds. The van der Waals surface area contributed by atoms with Gasteiger partial charge >= 0.3 is 12.1 Å². The Morgan fingerprint density at radius 3 is 1.39 bits per heavy atom. The number of aliphatic hydroxyl groups excluding tert-OH is 2. The molecule has 0 heterocycles. The van der Waals surface area contributed by atoms with Gasteiger partial charge in [-0.1, -0.05) is 24.3 Å². The SMILES string of the molecule is O=C(Nc1ccc(Cc2ccc(NC(=O)N[C@@H]3CCC[C@@H]3O)cc2)cc1)N[C@H]1CCC[C@H]1O. The third-order valence-corrected chi connectivity index (χ3v) is 6.42. The monoisotopic (exact) mass is 452 g/mol. The van der Waals surface area contributed by atoms with Gasteiger partial charge < -0.3 is 31.5 Å². The highest BCUT2D eigenvalue weighted by Crippen LogP contribution is 2.20. The summed E-state index contributed by atoms with van der Waals surface area (Å²) in [6, 6.07) is 14.3. The van der Waals surface area contributed by atoms with Crippen LogP contribution in [0.3, 0.4) is 0 Å². The largest absolute Gasteiger partial charge is 0.391 e. The molecule has 0 aliphatic heterocycles. The number of carbonyl (C=O) groups is 2. The molecule has 2 aromatic rings. The number of rotatable bonds is 6. The molecular weight excluding hydrogens is 420 g/mol. The summed E-state index contributed by atoms with van der Waals surface area (Å²) >= 11 is 0. The number of aliphatic hydroxyl groups is 2. The molecule has 6 N–H and O–H groups in total. The van der Waals surface area contributed by atoms with Crippen LogP contribution >= 0.6 is 0 Å². The van der Waals surface area contributed by atoms with Crippen molar-refractivity contribution in [3.8, 4) is 0 Å². The Morgan fingerprint density at radius 2 is 1.06 bits per heavy atom. The van der Waals surface area contributed by atoms with Crippen molar-refractivity contribution >= 4 is 23.4 Å². The van der Waals surface area contributed by atoms with Crippen LogP contribution in [0.4, 0.5) is 21.0 Å². The number of nitrogens with one attached hydrogen (secondary N) is 4. The highest BCUT2D eigenvalue weighted by Gasteiger charge is 2.27. The maximum atomic E-state index is 12.1. The quantitative estimate of drug-likeness (QED) is 0.402. The van der Waals surface area contributed by atoms with Crippen molar-refractivity contribution in [2.75, 3.05) is 10.6 Å². The van der Waals surface area contributed by atoms with E-state index in [1.807, 2.05) is 48.5 Å². The molecule has 0 saturated heterocycles. The molecule has 2 aliphatic carbocycles. The summed E-state index contributed by atoms with van der Waals surface area (Å²) in [6.07, 6.45) is 4.71. The summed E-state index contributed by atoms with van der Waals surface area (Å²) in [5.41, 5.74) is 3.59. The van der Waals surface area contributed by atoms with Gasteiger partial charge in [0.2, 0.25) is 0 Å². The van der Waals surface area contributed by atoms with Crippen molar-refractivity contribution < 1.29 is 19.8 Å². The Kier molecular flexibility index (Phi) is 7.47. The van der Waals surface area contributed by atoms with E-state index in [0.717, 1.165) is 56.1 Å². The van der Waals surface area contributed by atoms with E-state index in [0.29, 0.717) is 11.4 Å². The highest BCUT2D eigenvalue weighted by molar-refractivity contribution is 5.90. The third kappa shape index (κ3) is 6.46. The molecule has 176 valence electrons. The molecular formula is C25H32N4O4.